The van der Waals surface area contributed by atoms with E-state index in [-0.39, 0.29) is 12.8 Å². The Bertz CT molecular complexity index is 1330. The summed E-state index contributed by atoms with van der Waals surface area (Å²) in [5, 5.41) is 60.2. The second-order valence-corrected chi connectivity index (χ2v) is 17.5. The molecule has 7 N–H and O–H groups in total. The van der Waals surface area contributed by atoms with Crippen LogP contribution in [0.25, 0.3) is 0 Å². The summed E-state index contributed by atoms with van der Waals surface area (Å²) in [6, 6.07) is 0. The normalized spacial score (nSPS) is 22.9. The fourth-order valence-electron chi connectivity index (χ4n) is 6.59. The van der Waals surface area contributed by atoms with Crippen molar-refractivity contribution in [2.24, 2.45) is 0 Å². The number of rotatable bonds is 37. The SMILES string of the molecule is CCCCC/C=C\C=C/[C@H](O)C/C=C\C/C=C/CCCC(=O)O[C@H](COC(=O)CCCCCCC/C=C\CCCCCCCC)COP(=O)(O)OC1[C@H](O)[C@H](O)C(O)[C@H](O)[C@H]1O. The van der Waals surface area contributed by atoms with Crippen LogP contribution in [0.2, 0.25) is 0 Å². The van der Waals surface area contributed by atoms with E-state index in [9.17, 15) is 49.7 Å². The number of phosphoric ester groups is 1. The molecule has 62 heavy (non-hydrogen) atoms. The van der Waals surface area contributed by atoms with Crippen molar-refractivity contribution < 1.29 is 68.2 Å². The molecule has 358 valence electrons. The van der Waals surface area contributed by atoms with Gasteiger partial charge in [-0.2, -0.15) is 0 Å². The Morgan fingerprint density at radius 3 is 1.74 bits per heavy atom. The molecular formula is C47H81O14P. The number of esters is 2. The highest BCUT2D eigenvalue weighted by molar-refractivity contribution is 7.47. The second kappa shape index (κ2) is 36.8. The predicted octanol–water partition coefficient (Wildman–Crippen LogP) is 7.92. The molecule has 1 rings (SSSR count). The third-order valence-corrected chi connectivity index (χ3v) is 11.4. The molecule has 9 atom stereocenters. The van der Waals surface area contributed by atoms with Crippen LogP contribution in [-0.2, 0) is 32.7 Å². The first-order valence-corrected chi connectivity index (χ1v) is 24.7. The number of phosphoric acid groups is 1. The van der Waals surface area contributed by atoms with Crippen molar-refractivity contribution in [1.82, 2.24) is 0 Å². The van der Waals surface area contributed by atoms with E-state index in [0.29, 0.717) is 32.1 Å². The summed E-state index contributed by atoms with van der Waals surface area (Å²) < 4.78 is 33.4. The van der Waals surface area contributed by atoms with E-state index in [4.69, 9.17) is 18.5 Å². The molecule has 0 radical (unpaired) electrons. The van der Waals surface area contributed by atoms with Crippen molar-refractivity contribution in [3.63, 3.8) is 0 Å². The van der Waals surface area contributed by atoms with Gasteiger partial charge in [0.05, 0.1) is 12.7 Å². The Labute approximate surface area is 371 Å². The van der Waals surface area contributed by atoms with Crippen molar-refractivity contribution in [2.75, 3.05) is 13.2 Å². The summed E-state index contributed by atoms with van der Waals surface area (Å²) in [6.45, 7) is 3.13. The van der Waals surface area contributed by atoms with Gasteiger partial charge in [0.1, 0.15) is 43.2 Å². The summed E-state index contributed by atoms with van der Waals surface area (Å²) in [4.78, 5) is 35.7. The van der Waals surface area contributed by atoms with Gasteiger partial charge in [0.2, 0.25) is 0 Å². The topological polar surface area (TPSA) is 230 Å². The van der Waals surface area contributed by atoms with Crippen LogP contribution in [0.4, 0.5) is 0 Å². The average molecular weight is 901 g/mol. The summed E-state index contributed by atoms with van der Waals surface area (Å²) in [7, 11) is -5.15. The molecule has 0 aromatic carbocycles. The largest absolute Gasteiger partial charge is 0.472 e. The lowest BCUT2D eigenvalue weighted by molar-refractivity contribution is -0.220. The molecule has 1 aliphatic rings. The number of aliphatic hydroxyl groups excluding tert-OH is 6. The molecule has 3 unspecified atom stereocenters. The Morgan fingerprint density at radius 1 is 0.581 bits per heavy atom. The van der Waals surface area contributed by atoms with Crippen LogP contribution in [0.1, 0.15) is 162 Å². The molecule has 14 nitrogen and oxygen atoms in total. The number of carbonyl (C=O) groups is 2. The lowest BCUT2D eigenvalue weighted by Crippen LogP contribution is -2.64. The number of carbonyl (C=O) groups excluding carboxylic acids is 2. The lowest BCUT2D eigenvalue weighted by atomic mass is 9.85. The van der Waals surface area contributed by atoms with E-state index < -0.39 is 81.8 Å². The maximum atomic E-state index is 12.8. The van der Waals surface area contributed by atoms with Gasteiger partial charge in [-0.25, -0.2) is 4.57 Å². The molecule has 0 amide bonds. The number of unbranched alkanes of at least 4 members (excludes halogenated alkanes) is 15. The van der Waals surface area contributed by atoms with E-state index in [1.165, 1.54) is 57.8 Å². The Balaban J connectivity index is 2.55. The first-order chi connectivity index (χ1) is 29.8. The highest BCUT2D eigenvalue weighted by atomic mass is 31.2. The van der Waals surface area contributed by atoms with Gasteiger partial charge >= 0.3 is 19.8 Å². The van der Waals surface area contributed by atoms with Gasteiger partial charge in [-0.05, 0) is 70.6 Å². The minimum Gasteiger partial charge on any atom is -0.462 e. The van der Waals surface area contributed by atoms with E-state index in [1.807, 2.05) is 36.5 Å². The van der Waals surface area contributed by atoms with Gasteiger partial charge in [0.25, 0.3) is 0 Å². The molecule has 1 saturated carbocycles. The van der Waals surface area contributed by atoms with Crippen LogP contribution in [-0.4, -0.2) is 110 Å². The monoisotopic (exact) mass is 901 g/mol. The average Bonchev–Trinajstić information content (AvgIpc) is 3.25. The Kier molecular flexibility index (Phi) is 34.2. The Morgan fingerprint density at radius 2 is 1.08 bits per heavy atom. The number of ether oxygens (including phenoxy) is 2. The maximum absolute atomic E-state index is 12.8. The van der Waals surface area contributed by atoms with Crippen molar-refractivity contribution in [1.29, 1.82) is 0 Å². The lowest BCUT2D eigenvalue weighted by Gasteiger charge is -2.41. The van der Waals surface area contributed by atoms with Crippen molar-refractivity contribution in [2.45, 2.75) is 210 Å². The summed E-state index contributed by atoms with van der Waals surface area (Å²) >= 11 is 0. The van der Waals surface area contributed by atoms with Crippen LogP contribution >= 0.6 is 7.82 Å². The summed E-state index contributed by atoms with van der Waals surface area (Å²) in [6.07, 6.45) is 27.2. The van der Waals surface area contributed by atoms with Crippen LogP contribution in [0.3, 0.4) is 0 Å². The second-order valence-electron chi connectivity index (χ2n) is 16.1. The first-order valence-electron chi connectivity index (χ1n) is 23.2. The number of aliphatic hydroxyl groups is 6. The molecule has 0 bridgehead atoms. The summed E-state index contributed by atoms with van der Waals surface area (Å²) in [5.74, 6) is -1.22. The van der Waals surface area contributed by atoms with Gasteiger partial charge in [-0.1, -0.05) is 139 Å². The molecule has 1 aliphatic carbocycles. The smallest absolute Gasteiger partial charge is 0.462 e. The first kappa shape index (κ1) is 57.5. The highest BCUT2D eigenvalue weighted by Crippen LogP contribution is 2.47. The summed E-state index contributed by atoms with van der Waals surface area (Å²) in [5.41, 5.74) is 0. The Hall–Kier alpha value is -2.49. The molecule has 0 aromatic heterocycles. The quantitative estimate of drug-likeness (QED) is 0.0103. The molecule has 0 heterocycles. The van der Waals surface area contributed by atoms with E-state index >= 15 is 0 Å². The van der Waals surface area contributed by atoms with Crippen LogP contribution in [0.15, 0.2) is 60.8 Å². The zero-order valence-corrected chi connectivity index (χ0v) is 38.4. The third-order valence-electron chi connectivity index (χ3n) is 10.4. The number of hydrogen-bond acceptors (Lipinski definition) is 13. The fourth-order valence-corrected chi connectivity index (χ4v) is 7.56. The number of allylic oxidation sites excluding steroid dienone is 8. The zero-order valence-electron chi connectivity index (χ0n) is 37.5. The van der Waals surface area contributed by atoms with Gasteiger partial charge in [-0.3, -0.25) is 18.6 Å². The minimum atomic E-state index is -5.15. The minimum absolute atomic E-state index is 0.0169. The standard InChI is InChI=1S/C47H81O14P/c1-3-5-7-9-11-12-13-14-15-16-17-18-22-26-30-34-40(49)58-36-39(37-59-62(56,57)61-47-45(54)43(52)42(51)44(53)46(47)55)60-41(50)35-31-27-23-19-21-25-29-33-38(48)32-28-24-20-10-8-6-4-2/h14-15,19-20,23-25,28-29,32,38-39,42-48,51-55H,3-13,16-18,21-22,26-27,30-31,33-37H2,1-2H3,(H,56,57)/b15-14-,23-19+,24-20-,29-25-,32-28-/t38-,39+,42?,43-,44+,45+,46+,47?/m0/s1. The van der Waals surface area contributed by atoms with Crippen LogP contribution in [0, 0.1) is 0 Å². The van der Waals surface area contributed by atoms with Gasteiger partial charge in [0.15, 0.2) is 6.10 Å². The molecular weight excluding hydrogens is 819 g/mol. The van der Waals surface area contributed by atoms with Crippen molar-refractivity contribution in [3.05, 3.63) is 60.8 Å². The van der Waals surface area contributed by atoms with Gasteiger partial charge in [0, 0.05) is 12.8 Å². The van der Waals surface area contributed by atoms with Gasteiger partial charge in [-0.15, -0.1) is 0 Å². The van der Waals surface area contributed by atoms with E-state index in [1.54, 1.807) is 6.08 Å². The highest BCUT2D eigenvalue weighted by Gasteiger charge is 2.51. The predicted molar refractivity (Wildman–Crippen MR) is 241 cm³/mol. The van der Waals surface area contributed by atoms with Crippen LogP contribution < -0.4 is 0 Å². The van der Waals surface area contributed by atoms with E-state index in [0.717, 1.165) is 44.9 Å². The zero-order chi connectivity index (χ0) is 45.9. The van der Waals surface area contributed by atoms with Crippen LogP contribution in [0.5, 0.6) is 0 Å². The molecule has 0 aliphatic heterocycles. The van der Waals surface area contributed by atoms with Gasteiger partial charge < -0.3 is 45.0 Å². The fraction of sp³-hybridized carbons (Fsp3) is 0.745. The van der Waals surface area contributed by atoms with E-state index in [2.05, 4.69) is 32.1 Å². The number of hydrogen-bond donors (Lipinski definition) is 7. The molecule has 15 heteroatoms. The molecule has 0 spiro atoms. The van der Waals surface area contributed by atoms with Crippen molar-refractivity contribution in [3.8, 4) is 0 Å². The molecule has 1 fully saturated rings. The third kappa shape index (κ3) is 29.1. The molecule has 0 aromatic rings. The van der Waals surface area contributed by atoms with Crippen molar-refractivity contribution >= 4 is 19.8 Å². The maximum Gasteiger partial charge on any atom is 0.472 e. The molecule has 0 saturated heterocycles.